The lowest BCUT2D eigenvalue weighted by atomic mass is 10.1. The standard InChI is InChI=1S/C30H22Br2N2O6S/c31-25-13-9-23(10-14-25)29(17-7-21-3-1-5-27(19-21)33(35)36)41(39,40)30(24-11-15-26(32)16-12-24)18-8-22-4-2-6-28(20-22)34(37)38/h1-20,29-30H. The molecule has 208 valence electrons. The van der Waals surface area contributed by atoms with Gasteiger partial charge < -0.3 is 0 Å². The van der Waals surface area contributed by atoms with E-state index in [0.29, 0.717) is 22.3 Å². The predicted octanol–water partition coefficient (Wildman–Crippen LogP) is 8.65. The summed E-state index contributed by atoms with van der Waals surface area (Å²) in [5, 5.41) is 20.3. The SMILES string of the molecule is O=[N+]([O-])c1cccc(C=CC(c2ccc(Br)cc2)S(=O)(=O)C(C=Cc2cccc([N+](=O)[O-])c2)c2ccc(Br)cc2)c1. The lowest BCUT2D eigenvalue weighted by Gasteiger charge is -2.22. The highest BCUT2D eigenvalue weighted by molar-refractivity contribution is 9.10. The Morgan fingerprint density at radius 2 is 0.976 bits per heavy atom. The number of rotatable bonds is 10. The summed E-state index contributed by atoms with van der Waals surface area (Å²) in [6.45, 7) is 0. The van der Waals surface area contributed by atoms with E-state index in [1.54, 1.807) is 72.8 Å². The lowest BCUT2D eigenvalue weighted by molar-refractivity contribution is -0.385. The van der Waals surface area contributed by atoms with Crippen molar-refractivity contribution in [3.8, 4) is 0 Å². The monoisotopic (exact) mass is 696 g/mol. The van der Waals surface area contributed by atoms with Gasteiger partial charge >= 0.3 is 0 Å². The summed E-state index contributed by atoms with van der Waals surface area (Å²) in [7, 11) is -4.06. The third-order valence-corrected chi connectivity index (χ3v) is 9.53. The Bertz CT molecular complexity index is 1610. The zero-order valence-electron chi connectivity index (χ0n) is 21.2. The van der Waals surface area contributed by atoms with Crippen molar-refractivity contribution < 1.29 is 18.3 Å². The van der Waals surface area contributed by atoms with Gasteiger partial charge in [-0.15, -0.1) is 0 Å². The molecule has 2 atom stereocenters. The maximum absolute atomic E-state index is 14.5. The Morgan fingerprint density at radius 3 is 1.32 bits per heavy atom. The van der Waals surface area contributed by atoms with Gasteiger partial charge in [-0.3, -0.25) is 20.2 Å². The quantitative estimate of drug-likeness (QED) is 0.121. The smallest absolute Gasteiger partial charge is 0.258 e. The molecular weight excluding hydrogens is 676 g/mol. The minimum Gasteiger partial charge on any atom is -0.258 e. The summed E-state index contributed by atoms with van der Waals surface area (Å²) in [6.07, 6.45) is 6.15. The van der Waals surface area contributed by atoms with Gasteiger partial charge in [0.05, 0.1) is 9.85 Å². The highest BCUT2D eigenvalue weighted by Gasteiger charge is 2.33. The normalized spacial score (nSPS) is 13.3. The third kappa shape index (κ3) is 7.63. The number of nitro benzene ring substituents is 2. The second kappa shape index (κ2) is 13.2. The van der Waals surface area contributed by atoms with E-state index in [-0.39, 0.29) is 11.4 Å². The van der Waals surface area contributed by atoms with Crippen LogP contribution in [0.25, 0.3) is 12.2 Å². The van der Waals surface area contributed by atoms with Crippen molar-refractivity contribution in [1.29, 1.82) is 0 Å². The second-order valence-corrected chi connectivity index (χ2v) is 13.0. The number of nitro groups is 2. The summed E-state index contributed by atoms with van der Waals surface area (Å²) < 4.78 is 30.5. The van der Waals surface area contributed by atoms with Gasteiger partial charge in [-0.1, -0.05) is 105 Å². The van der Waals surface area contributed by atoms with E-state index < -0.39 is 30.2 Å². The molecule has 0 N–H and O–H groups in total. The van der Waals surface area contributed by atoms with Gasteiger partial charge in [0, 0.05) is 33.2 Å². The first-order valence-corrected chi connectivity index (χ1v) is 15.3. The highest BCUT2D eigenvalue weighted by atomic mass is 79.9. The molecule has 11 heteroatoms. The fraction of sp³-hybridized carbons (Fsp3) is 0.0667. The molecule has 8 nitrogen and oxygen atoms in total. The van der Waals surface area contributed by atoms with Crippen LogP contribution in [0.1, 0.15) is 32.8 Å². The number of halogens is 2. The van der Waals surface area contributed by atoms with Crippen LogP contribution in [0, 0.1) is 20.2 Å². The number of hydrogen-bond acceptors (Lipinski definition) is 6. The molecule has 0 saturated heterocycles. The first-order valence-electron chi connectivity index (χ1n) is 12.1. The van der Waals surface area contributed by atoms with Gasteiger partial charge in [0.2, 0.25) is 0 Å². The van der Waals surface area contributed by atoms with Gasteiger partial charge in [-0.25, -0.2) is 8.42 Å². The summed E-state index contributed by atoms with van der Waals surface area (Å²) >= 11 is 6.77. The van der Waals surface area contributed by atoms with Crippen LogP contribution in [-0.2, 0) is 9.84 Å². The van der Waals surface area contributed by atoms with E-state index in [9.17, 15) is 28.6 Å². The number of non-ortho nitro benzene ring substituents is 2. The van der Waals surface area contributed by atoms with Crippen LogP contribution in [0.4, 0.5) is 11.4 Å². The summed E-state index contributed by atoms with van der Waals surface area (Å²) in [6, 6.07) is 25.6. The topological polar surface area (TPSA) is 120 Å². The van der Waals surface area contributed by atoms with E-state index in [1.807, 2.05) is 0 Å². The van der Waals surface area contributed by atoms with Crippen molar-refractivity contribution in [2.24, 2.45) is 0 Å². The van der Waals surface area contributed by atoms with Crippen molar-refractivity contribution in [2.75, 3.05) is 0 Å². The maximum atomic E-state index is 14.5. The molecule has 2 unspecified atom stereocenters. The average Bonchev–Trinajstić information content (AvgIpc) is 2.95. The first kappa shape index (κ1) is 30.0. The minimum absolute atomic E-state index is 0.108. The van der Waals surface area contributed by atoms with Crippen LogP contribution >= 0.6 is 31.9 Å². The molecule has 0 aliphatic carbocycles. The molecule has 0 aromatic heterocycles. The molecule has 0 amide bonds. The van der Waals surface area contributed by atoms with Crippen molar-refractivity contribution in [1.82, 2.24) is 0 Å². The molecule has 4 rings (SSSR count). The van der Waals surface area contributed by atoms with Crippen LogP contribution in [-0.4, -0.2) is 18.3 Å². The zero-order valence-corrected chi connectivity index (χ0v) is 25.2. The van der Waals surface area contributed by atoms with Gasteiger partial charge in [0.15, 0.2) is 9.84 Å². The van der Waals surface area contributed by atoms with Gasteiger partial charge in [-0.2, -0.15) is 0 Å². The van der Waals surface area contributed by atoms with E-state index in [4.69, 9.17) is 0 Å². The van der Waals surface area contributed by atoms with Crippen molar-refractivity contribution >= 4 is 65.2 Å². The summed E-state index contributed by atoms with van der Waals surface area (Å²) in [4.78, 5) is 21.5. The number of benzene rings is 4. The van der Waals surface area contributed by atoms with E-state index in [1.165, 1.54) is 48.6 Å². The first-order chi connectivity index (χ1) is 19.5. The van der Waals surface area contributed by atoms with Crippen LogP contribution in [0.2, 0.25) is 0 Å². The molecule has 0 bridgehead atoms. The predicted molar refractivity (Wildman–Crippen MR) is 167 cm³/mol. The lowest BCUT2D eigenvalue weighted by Crippen LogP contribution is -2.19. The van der Waals surface area contributed by atoms with Gasteiger partial charge in [-0.05, 0) is 46.5 Å². The summed E-state index contributed by atoms with van der Waals surface area (Å²) in [5.74, 6) is 0. The maximum Gasteiger partial charge on any atom is 0.270 e. The van der Waals surface area contributed by atoms with Crippen LogP contribution < -0.4 is 0 Å². The molecule has 0 aliphatic heterocycles. The molecule has 4 aromatic carbocycles. The van der Waals surface area contributed by atoms with Crippen molar-refractivity contribution in [3.05, 3.63) is 161 Å². The van der Waals surface area contributed by atoms with Crippen LogP contribution in [0.5, 0.6) is 0 Å². The Balaban J connectivity index is 1.83. The fourth-order valence-corrected chi connectivity index (χ4v) is 6.68. The average molecular weight is 698 g/mol. The fourth-order valence-electron chi connectivity index (χ4n) is 4.16. The van der Waals surface area contributed by atoms with Crippen LogP contribution in [0.3, 0.4) is 0 Å². The summed E-state index contributed by atoms with van der Waals surface area (Å²) in [5.41, 5.74) is 1.74. The molecule has 0 aliphatic rings. The van der Waals surface area contributed by atoms with E-state index in [2.05, 4.69) is 31.9 Å². The highest BCUT2D eigenvalue weighted by Crippen LogP contribution is 2.38. The molecule has 0 radical (unpaired) electrons. The Kier molecular flexibility index (Phi) is 9.64. The molecule has 0 spiro atoms. The van der Waals surface area contributed by atoms with Gasteiger partial charge in [0.25, 0.3) is 11.4 Å². The van der Waals surface area contributed by atoms with E-state index in [0.717, 1.165) is 8.95 Å². The number of nitrogens with zero attached hydrogens (tertiary/aromatic N) is 2. The number of sulfone groups is 1. The molecule has 0 saturated carbocycles. The zero-order chi connectivity index (χ0) is 29.6. The molecule has 41 heavy (non-hydrogen) atoms. The van der Waals surface area contributed by atoms with Crippen molar-refractivity contribution in [3.63, 3.8) is 0 Å². The molecule has 4 aromatic rings. The molecule has 0 heterocycles. The van der Waals surface area contributed by atoms with Gasteiger partial charge in [0.1, 0.15) is 10.5 Å². The van der Waals surface area contributed by atoms with Crippen LogP contribution in [0.15, 0.2) is 118 Å². The Morgan fingerprint density at radius 1 is 0.610 bits per heavy atom. The minimum atomic E-state index is -4.06. The third-order valence-electron chi connectivity index (χ3n) is 6.19. The van der Waals surface area contributed by atoms with E-state index >= 15 is 0 Å². The Labute approximate surface area is 253 Å². The van der Waals surface area contributed by atoms with Crippen molar-refractivity contribution in [2.45, 2.75) is 10.5 Å². The Hall–Kier alpha value is -3.93. The number of hydrogen-bond donors (Lipinski definition) is 0. The molecule has 0 fully saturated rings. The second-order valence-electron chi connectivity index (χ2n) is 8.96. The largest absolute Gasteiger partial charge is 0.270 e. The molecular formula is C30H22Br2N2O6S.